The van der Waals surface area contributed by atoms with Gasteiger partial charge in [-0.15, -0.1) is 0 Å². The van der Waals surface area contributed by atoms with E-state index in [1.165, 1.54) is 12.8 Å². The normalized spacial score (nSPS) is 17.7. The van der Waals surface area contributed by atoms with Crippen molar-refractivity contribution < 1.29 is 9.53 Å². The second-order valence-electron chi connectivity index (χ2n) is 4.37. The number of hydrogen-bond donors (Lipinski definition) is 1. The average molecular weight is 228 g/mol. The zero-order valence-corrected chi connectivity index (χ0v) is 10.5. The highest BCUT2D eigenvalue weighted by atomic mass is 16.5. The van der Waals surface area contributed by atoms with Crippen LogP contribution >= 0.6 is 0 Å². The summed E-state index contributed by atoms with van der Waals surface area (Å²) in [7, 11) is 2.15. The van der Waals surface area contributed by atoms with Gasteiger partial charge in [-0.1, -0.05) is 0 Å². The van der Waals surface area contributed by atoms with Crippen molar-refractivity contribution in [3.63, 3.8) is 0 Å². The van der Waals surface area contributed by atoms with Crippen molar-refractivity contribution in [2.24, 2.45) is 0 Å². The second-order valence-corrected chi connectivity index (χ2v) is 4.37. The highest BCUT2D eigenvalue weighted by molar-refractivity contribution is 5.69. The van der Waals surface area contributed by atoms with Crippen LogP contribution in [0, 0.1) is 0 Å². The van der Waals surface area contributed by atoms with Crippen LogP contribution in [-0.2, 0) is 9.53 Å². The van der Waals surface area contributed by atoms with Crippen LogP contribution in [0.3, 0.4) is 0 Å². The molecule has 1 aliphatic rings. The highest BCUT2D eigenvalue weighted by Crippen LogP contribution is 2.10. The molecule has 1 rings (SSSR count). The smallest absolute Gasteiger partial charge is 0.305 e. The molecule has 16 heavy (non-hydrogen) atoms. The van der Waals surface area contributed by atoms with E-state index in [0.29, 0.717) is 19.1 Å². The molecule has 0 saturated carbocycles. The molecule has 1 aliphatic heterocycles. The van der Waals surface area contributed by atoms with Gasteiger partial charge in [0.25, 0.3) is 0 Å². The minimum absolute atomic E-state index is 0.0683. The van der Waals surface area contributed by atoms with E-state index in [4.69, 9.17) is 4.74 Å². The van der Waals surface area contributed by atoms with E-state index in [1.807, 2.05) is 6.92 Å². The van der Waals surface area contributed by atoms with Gasteiger partial charge in [0.1, 0.15) is 0 Å². The van der Waals surface area contributed by atoms with Crippen LogP contribution in [-0.4, -0.2) is 50.2 Å². The largest absolute Gasteiger partial charge is 0.466 e. The maximum absolute atomic E-state index is 11.2. The molecule has 0 aromatic heterocycles. The van der Waals surface area contributed by atoms with Gasteiger partial charge < -0.3 is 15.0 Å². The zero-order valence-electron chi connectivity index (χ0n) is 10.5. The van der Waals surface area contributed by atoms with E-state index in [0.717, 1.165) is 26.1 Å². The Kier molecular flexibility index (Phi) is 6.42. The van der Waals surface area contributed by atoms with Crippen LogP contribution < -0.4 is 5.32 Å². The zero-order chi connectivity index (χ0) is 11.8. The number of esters is 1. The molecular formula is C12H24N2O2. The molecule has 94 valence electrons. The van der Waals surface area contributed by atoms with Crippen LogP contribution in [0.2, 0.25) is 0 Å². The van der Waals surface area contributed by atoms with Gasteiger partial charge in [0.15, 0.2) is 0 Å². The number of piperidine rings is 1. The fourth-order valence-corrected chi connectivity index (χ4v) is 2.14. The van der Waals surface area contributed by atoms with E-state index in [2.05, 4.69) is 17.3 Å². The third-order valence-corrected chi connectivity index (χ3v) is 3.13. The van der Waals surface area contributed by atoms with Gasteiger partial charge in [-0.3, -0.25) is 4.79 Å². The number of rotatable bonds is 6. The Bertz CT molecular complexity index is 203. The molecule has 0 aromatic carbocycles. The number of nitrogens with one attached hydrogen (secondary N) is 1. The third-order valence-electron chi connectivity index (χ3n) is 3.13. The molecule has 0 atom stereocenters. The summed E-state index contributed by atoms with van der Waals surface area (Å²) in [4.78, 5) is 13.5. The predicted molar refractivity (Wildman–Crippen MR) is 64.4 cm³/mol. The molecule has 0 spiro atoms. The summed E-state index contributed by atoms with van der Waals surface area (Å²) in [6.07, 6.45) is 3.88. The van der Waals surface area contributed by atoms with Crippen LogP contribution in [0.4, 0.5) is 0 Å². The molecular weight excluding hydrogens is 204 g/mol. The van der Waals surface area contributed by atoms with Gasteiger partial charge in [-0.25, -0.2) is 0 Å². The summed E-state index contributed by atoms with van der Waals surface area (Å²) in [5.41, 5.74) is 0. The number of nitrogens with zero attached hydrogens (tertiary/aromatic N) is 1. The maximum Gasteiger partial charge on any atom is 0.305 e. The Morgan fingerprint density at radius 2 is 2.12 bits per heavy atom. The average Bonchev–Trinajstić information content (AvgIpc) is 2.30. The molecule has 0 bridgehead atoms. The molecule has 0 unspecified atom stereocenters. The summed E-state index contributed by atoms with van der Waals surface area (Å²) in [5.74, 6) is -0.0683. The lowest BCUT2D eigenvalue weighted by Crippen LogP contribution is -2.41. The topological polar surface area (TPSA) is 41.6 Å². The minimum Gasteiger partial charge on any atom is -0.466 e. The van der Waals surface area contributed by atoms with Crippen molar-refractivity contribution >= 4 is 5.97 Å². The van der Waals surface area contributed by atoms with Crippen LogP contribution in [0.25, 0.3) is 0 Å². The lowest BCUT2D eigenvalue weighted by atomic mass is 10.1. The fourth-order valence-electron chi connectivity index (χ4n) is 2.14. The molecule has 0 amide bonds. The van der Waals surface area contributed by atoms with E-state index in [-0.39, 0.29) is 5.97 Å². The van der Waals surface area contributed by atoms with Gasteiger partial charge in [0.05, 0.1) is 6.61 Å². The van der Waals surface area contributed by atoms with Gasteiger partial charge >= 0.3 is 5.97 Å². The standard InChI is InChI=1S/C12H24N2O2/c1-3-16-12(15)5-4-10-14(2)11-6-8-13-9-7-11/h11,13H,3-10H2,1-2H3. The van der Waals surface area contributed by atoms with Gasteiger partial charge in [0, 0.05) is 12.5 Å². The SMILES string of the molecule is CCOC(=O)CCCN(C)C1CCNCC1. The van der Waals surface area contributed by atoms with E-state index < -0.39 is 0 Å². The first-order valence-electron chi connectivity index (χ1n) is 6.30. The van der Waals surface area contributed by atoms with Crippen LogP contribution in [0.5, 0.6) is 0 Å². The number of hydrogen-bond acceptors (Lipinski definition) is 4. The molecule has 1 N–H and O–H groups in total. The van der Waals surface area contributed by atoms with Crippen molar-refractivity contribution in [1.29, 1.82) is 0 Å². The monoisotopic (exact) mass is 228 g/mol. The predicted octanol–water partition coefficient (Wildman–Crippen LogP) is 1.01. The number of carbonyl (C=O) groups is 1. The molecule has 1 saturated heterocycles. The lowest BCUT2D eigenvalue weighted by molar-refractivity contribution is -0.143. The number of carbonyl (C=O) groups excluding carboxylic acids is 1. The van der Waals surface area contributed by atoms with E-state index >= 15 is 0 Å². The molecule has 0 aliphatic carbocycles. The van der Waals surface area contributed by atoms with Crippen molar-refractivity contribution in [3.05, 3.63) is 0 Å². The molecule has 4 nitrogen and oxygen atoms in total. The first kappa shape index (κ1) is 13.5. The van der Waals surface area contributed by atoms with Crippen molar-refractivity contribution in [2.75, 3.05) is 33.3 Å². The Labute approximate surface area is 98.3 Å². The van der Waals surface area contributed by atoms with E-state index in [9.17, 15) is 4.79 Å². The fraction of sp³-hybridized carbons (Fsp3) is 0.917. The summed E-state index contributed by atoms with van der Waals surface area (Å²) in [6.45, 7) is 5.56. The summed E-state index contributed by atoms with van der Waals surface area (Å²) >= 11 is 0. The van der Waals surface area contributed by atoms with Crippen molar-refractivity contribution in [2.45, 2.75) is 38.6 Å². The van der Waals surface area contributed by atoms with Crippen LogP contribution in [0.1, 0.15) is 32.6 Å². The maximum atomic E-state index is 11.2. The molecule has 0 aromatic rings. The second kappa shape index (κ2) is 7.63. The van der Waals surface area contributed by atoms with Gasteiger partial charge in [-0.05, 0) is 52.9 Å². The Morgan fingerprint density at radius 1 is 1.44 bits per heavy atom. The first-order valence-corrected chi connectivity index (χ1v) is 6.30. The van der Waals surface area contributed by atoms with E-state index in [1.54, 1.807) is 0 Å². The number of ether oxygens (including phenoxy) is 1. The third kappa shape index (κ3) is 4.94. The Hall–Kier alpha value is -0.610. The van der Waals surface area contributed by atoms with Gasteiger partial charge in [-0.2, -0.15) is 0 Å². The Morgan fingerprint density at radius 3 is 2.75 bits per heavy atom. The van der Waals surface area contributed by atoms with Crippen LogP contribution in [0.15, 0.2) is 0 Å². The quantitative estimate of drug-likeness (QED) is 0.689. The van der Waals surface area contributed by atoms with Crippen molar-refractivity contribution in [3.8, 4) is 0 Å². The minimum atomic E-state index is -0.0683. The molecule has 1 fully saturated rings. The Balaban J connectivity index is 2.09. The highest BCUT2D eigenvalue weighted by Gasteiger charge is 2.17. The summed E-state index contributed by atoms with van der Waals surface area (Å²) in [5, 5.41) is 3.36. The molecule has 4 heteroatoms. The molecule has 0 radical (unpaired) electrons. The van der Waals surface area contributed by atoms with Gasteiger partial charge in [0.2, 0.25) is 0 Å². The molecule has 1 heterocycles. The summed E-state index contributed by atoms with van der Waals surface area (Å²) < 4.78 is 4.90. The lowest BCUT2D eigenvalue weighted by Gasteiger charge is -2.31. The first-order chi connectivity index (χ1) is 7.74. The van der Waals surface area contributed by atoms with Crippen molar-refractivity contribution in [1.82, 2.24) is 10.2 Å². The summed E-state index contributed by atoms with van der Waals surface area (Å²) in [6, 6.07) is 0.684.